The van der Waals surface area contributed by atoms with Gasteiger partial charge in [0.2, 0.25) is 0 Å². The van der Waals surface area contributed by atoms with Crippen molar-refractivity contribution in [2.45, 2.75) is 58.5 Å². The van der Waals surface area contributed by atoms with E-state index in [9.17, 15) is 32.7 Å². The number of methoxy groups -OCH3 is 1. The molecule has 0 saturated carbocycles. The molecule has 1 aliphatic heterocycles. The Kier molecular flexibility index (Phi) is 9.52. The molecule has 0 spiro atoms. The Hall–Kier alpha value is -3.87. The predicted octanol–water partition coefficient (Wildman–Crippen LogP) is 4.95. The van der Waals surface area contributed by atoms with Crippen LogP contribution in [0.4, 0.5) is 18.0 Å². The second-order valence-corrected chi connectivity index (χ2v) is 10.8. The molecule has 224 valence electrons. The van der Waals surface area contributed by atoms with Crippen LogP contribution in [0, 0.1) is 6.92 Å². The zero-order chi connectivity index (χ0) is 30.7. The van der Waals surface area contributed by atoms with Crippen LogP contribution in [-0.2, 0) is 15.7 Å². The largest absolute Gasteiger partial charge is 0.482 e. The van der Waals surface area contributed by atoms with Gasteiger partial charge >= 0.3 is 24.2 Å². The van der Waals surface area contributed by atoms with Gasteiger partial charge in [0.1, 0.15) is 22.6 Å². The van der Waals surface area contributed by atoms with Gasteiger partial charge < -0.3 is 24.2 Å². The highest BCUT2D eigenvalue weighted by atomic mass is 19.4. The molecule has 1 aromatic carbocycles. The number of alkyl halides is 3. The van der Waals surface area contributed by atoms with Crippen molar-refractivity contribution < 1.29 is 46.9 Å². The molecule has 1 aliphatic rings. The molecule has 1 N–H and O–H groups in total. The summed E-state index contributed by atoms with van der Waals surface area (Å²) in [4.78, 5) is 44.1. The number of amides is 1. The summed E-state index contributed by atoms with van der Waals surface area (Å²) >= 11 is 0. The Balaban J connectivity index is 1.96. The molecule has 1 saturated heterocycles. The first-order valence-corrected chi connectivity index (χ1v) is 12.9. The van der Waals surface area contributed by atoms with Crippen molar-refractivity contribution in [3.05, 3.63) is 58.4 Å². The number of carbonyl (C=O) groups is 3. The van der Waals surface area contributed by atoms with Crippen LogP contribution in [0.25, 0.3) is 0 Å². The van der Waals surface area contributed by atoms with Gasteiger partial charge in [0.25, 0.3) is 0 Å². The fourth-order valence-electron chi connectivity index (χ4n) is 4.44. The number of ether oxygens (including phenoxy) is 3. The minimum atomic E-state index is -4.70. The Morgan fingerprint density at radius 1 is 1.12 bits per heavy atom. The molecule has 10 nitrogen and oxygen atoms in total. The van der Waals surface area contributed by atoms with Crippen molar-refractivity contribution in [1.82, 2.24) is 14.8 Å². The van der Waals surface area contributed by atoms with Gasteiger partial charge in [-0.15, -0.1) is 0 Å². The monoisotopic (exact) mass is 581 g/mol. The number of pyridine rings is 1. The van der Waals surface area contributed by atoms with Crippen molar-refractivity contribution in [2.75, 3.05) is 33.3 Å². The van der Waals surface area contributed by atoms with Gasteiger partial charge in [-0.3, -0.25) is 4.90 Å². The number of carboxylic acids is 1. The molecule has 3 rings (SSSR count). The number of carbonyl (C=O) groups excluding carboxylic acids is 2. The van der Waals surface area contributed by atoms with Gasteiger partial charge in [0.15, 0.2) is 6.10 Å². The number of piperazine rings is 1. The fourth-order valence-corrected chi connectivity index (χ4v) is 4.44. The van der Waals surface area contributed by atoms with Crippen LogP contribution in [0.2, 0.25) is 0 Å². The fraction of sp³-hybridized carbons (Fsp3) is 0.500. The molecular weight excluding hydrogens is 547 g/mol. The minimum absolute atomic E-state index is 0.0437. The number of nitrogens with zero attached hydrogens (tertiary/aromatic N) is 3. The van der Waals surface area contributed by atoms with Gasteiger partial charge in [-0.25, -0.2) is 19.4 Å². The second-order valence-electron chi connectivity index (χ2n) is 10.8. The summed E-state index contributed by atoms with van der Waals surface area (Å²) < 4.78 is 57.0. The van der Waals surface area contributed by atoms with Crippen molar-refractivity contribution in [2.24, 2.45) is 0 Å². The van der Waals surface area contributed by atoms with Crippen molar-refractivity contribution in [1.29, 1.82) is 0 Å². The number of aromatic carboxylic acids is 1. The number of carboxylic acid groups (broad SMARTS) is 1. The molecule has 0 radical (unpaired) electrons. The van der Waals surface area contributed by atoms with Gasteiger partial charge in [-0.1, -0.05) is 6.07 Å². The lowest BCUT2D eigenvalue weighted by molar-refractivity contribution is -0.141. The van der Waals surface area contributed by atoms with E-state index in [1.165, 1.54) is 25.1 Å². The maximum atomic E-state index is 13.5. The SMILES string of the molecule is COC(=O)c1cc(C(=O)O)c(C)cc1OC(CN1CCN(C(=O)OC(C)(C)C)[C@H](C)C1)c1cccc(C(F)(F)F)n1. The number of halogens is 3. The van der Waals surface area contributed by atoms with Crippen molar-refractivity contribution in [3.63, 3.8) is 0 Å². The Labute approximate surface area is 236 Å². The standard InChI is InChI=1S/C28H34F3N3O7/c1-16-12-21(19(25(37)39-6)13-18(16)24(35)36)40-22(20-8-7-9-23(32-20)28(29,30)31)15-33-10-11-34(17(2)14-33)26(38)41-27(3,4)5/h7-9,12-13,17,22H,10-11,14-15H2,1-6H3,(H,35,36)/t17-,22?/m1/s1. The summed E-state index contributed by atoms with van der Waals surface area (Å²) in [6, 6.07) is 5.60. The molecule has 2 heterocycles. The van der Waals surface area contributed by atoms with Crippen LogP contribution in [0.15, 0.2) is 30.3 Å². The molecule has 1 unspecified atom stereocenters. The quantitative estimate of drug-likeness (QED) is 0.453. The lowest BCUT2D eigenvalue weighted by Gasteiger charge is -2.41. The number of rotatable bonds is 7. The predicted molar refractivity (Wildman–Crippen MR) is 141 cm³/mol. The third kappa shape index (κ3) is 8.09. The Morgan fingerprint density at radius 3 is 2.37 bits per heavy atom. The molecule has 2 atom stereocenters. The highest BCUT2D eigenvalue weighted by molar-refractivity contribution is 5.97. The maximum absolute atomic E-state index is 13.5. The average molecular weight is 582 g/mol. The molecule has 0 bridgehead atoms. The minimum Gasteiger partial charge on any atom is -0.482 e. The van der Waals surface area contributed by atoms with Gasteiger partial charge in [0, 0.05) is 32.2 Å². The maximum Gasteiger partial charge on any atom is 0.433 e. The number of esters is 1. The first-order chi connectivity index (χ1) is 19.0. The van der Waals surface area contributed by atoms with E-state index < -0.39 is 41.6 Å². The van der Waals surface area contributed by atoms with Crippen molar-refractivity contribution >= 4 is 18.0 Å². The zero-order valence-corrected chi connectivity index (χ0v) is 23.7. The number of hydrogen-bond acceptors (Lipinski definition) is 8. The lowest BCUT2D eigenvalue weighted by Crippen LogP contribution is -2.55. The highest BCUT2D eigenvalue weighted by Crippen LogP contribution is 2.32. The summed E-state index contributed by atoms with van der Waals surface area (Å²) in [5.41, 5.74) is -1.91. The van der Waals surface area contributed by atoms with E-state index in [1.807, 2.05) is 11.8 Å². The second kappa shape index (κ2) is 12.3. The Morgan fingerprint density at radius 2 is 1.80 bits per heavy atom. The third-order valence-corrected chi connectivity index (χ3v) is 6.39. The molecule has 1 amide bonds. The van der Waals surface area contributed by atoms with Gasteiger partial charge in [-0.05, 0) is 64.4 Å². The van der Waals surface area contributed by atoms with Crippen LogP contribution < -0.4 is 4.74 Å². The normalized spacial score (nSPS) is 17.1. The first-order valence-electron chi connectivity index (χ1n) is 12.9. The molecule has 13 heteroatoms. The van der Waals surface area contributed by atoms with Crippen molar-refractivity contribution in [3.8, 4) is 5.75 Å². The summed E-state index contributed by atoms with van der Waals surface area (Å²) in [6.45, 7) is 9.72. The summed E-state index contributed by atoms with van der Waals surface area (Å²) in [6.07, 6.45) is -6.27. The number of hydrogen-bond donors (Lipinski definition) is 1. The topological polar surface area (TPSA) is 118 Å². The molecule has 2 aromatic rings. The summed E-state index contributed by atoms with van der Waals surface area (Å²) in [5, 5.41) is 9.51. The average Bonchev–Trinajstić information content (AvgIpc) is 2.86. The van der Waals surface area contributed by atoms with Crippen LogP contribution in [0.1, 0.15) is 71.5 Å². The van der Waals surface area contributed by atoms with E-state index in [2.05, 4.69) is 4.98 Å². The van der Waals surface area contributed by atoms with Gasteiger partial charge in [-0.2, -0.15) is 13.2 Å². The smallest absolute Gasteiger partial charge is 0.433 e. The van der Waals surface area contributed by atoms with E-state index in [4.69, 9.17) is 14.2 Å². The van der Waals surface area contributed by atoms with E-state index in [0.717, 1.165) is 19.2 Å². The number of aromatic nitrogens is 1. The van der Waals surface area contributed by atoms with E-state index in [1.54, 1.807) is 25.7 Å². The molecule has 1 fully saturated rings. The van der Waals surface area contributed by atoms with Crippen LogP contribution in [-0.4, -0.2) is 82.9 Å². The lowest BCUT2D eigenvalue weighted by atomic mass is 10.0. The van der Waals surface area contributed by atoms with E-state index >= 15 is 0 Å². The Bertz CT molecular complexity index is 1290. The zero-order valence-electron chi connectivity index (χ0n) is 23.7. The molecule has 41 heavy (non-hydrogen) atoms. The molecule has 1 aromatic heterocycles. The van der Waals surface area contributed by atoms with Gasteiger partial charge in [0.05, 0.1) is 18.4 Å². The number of aryl methyl sites for hydroxylation is 1. The highest BCUT2D eigenvalue weighted by Gasteiger charge is 2.35. The van der Waals surface area contributed by atoms with E-state index in [-0.39, 0.29) is 40.7 Å². The van der Waals surface area contributed by atoms with Crippen LogP contribution in [0.3, 0.4) is 0 Å². The first kappa shape index (κ1) is 31.7. The van der Waals surface area contributed by atoms with Crippen LogP contribution >= 0.6 is 0 Å². The molecular formula is C28H34F3N3O7. The van der Waals surface area contributed by atoms with E-state index in [0.29, 0.717) is 19.6 Å². The summed E-state index contributed by atoms with van der Waals surface area (Å²) in [5.74, 6) is -2.21. The summed E-state index contributed by atoms with van der Waals surface area (Å²) in [7, 11) is 1.11. The number of benzene rings is 1. The third-order valence-electron chi connectivity index (χ3n) is 6.39. The van der Waals surface area contributed by atoms with Crippen LogP contribution in [0.5, 0.6) is 5.75 Å². The molecule has 0 aliphatic carbocycles.